The van der Waals surface area contributed by atoms with Gasteiger partial charge in [0.15, 0.2) is 0 Å². The van der Waals surface area contributed by atoms with Gasteiger partial charge in [0.05, 0.1) is 0 Å². The highest BCUT2D eigenvalue weighted by molar-refractivity contribution is 5.80. The number of piperidine rings is 1. The van der Waals surface area contributed by atoms with Gasteiger partial charge in [-0.3, -0.25) is 9.59 Å². The highest BCUT2D eigenvalue weighted by atomic mass is 16.2. The number of fused-ring (bicyclic) bond motifs is 1. The maximum atomic E-state index is 12.8. The lowest BCUT2D eigenvalue weighted by atomic mass is 9.84. The minimum absolute atomic E-state index is 0.0316. The molecule has 0 radical (unpaired) electrons. The summed E-state index contributed by atoms with van der Waals surface area (Å²) in [6.07, 6.45) is 3.13. The Morgan fingerprint density at radius 1 is 0.900 bits per heavy atom. The Morgan fingerprint density at radius 2 is 1.53 bits per heavy atom. The molecule has 3 aromatic rings. The number of nitrogens with zero attached hydrogens (tertiary/aromatic N) is 5. The Hall–Kier alpha value is -3.22. The van der Waals surface area contributed by atoms with E-state index in [0.29, 0.717) is 26.1 Å². The van der Waals surface area contributed by atoms with Crippen LogP contribution >= 0.6 is 0 Å². The molecule has 0 saturated carbocycles. The number of rotatable bonds is 4. The molecule has 5 rings (SSSR count). The van der Waals surface area contributed by atoms with Gasteiger partial charge in [-0.25, -0.2) is 0 Å². The SMILES string of the molecule is O=C(Cn1nc2ccccc2n1)N1CCC2(CCC(=O)N2Cc2ccccc2)CC1. The van der Waals surface area contributed by atoms with Crippen molar-refractivity contribution in [1.29, 1.82) is 0 Å². The Labute approximate surface area is 175 Å². The second-order valence-electron chi connectivity index (χ2n) is 8.29. The third-order valence-corrected chi connectivity index (χ3v) is 6.51. The predicted molar refractivity (Wildman–Crippen MR) is 112 cm³/mol. The lowest BCUT2D eigenvalue weighted by Crippen LogP contribution is -2.54. The molecular formula is C23H25N5O2. The van der Waals surface area contributed by atoms with Gasteiger partial charge in [-0.05, 0) is 37.0 Å². The number of likely N-dealkylation sites (tertiary alicyclic amines) is 2. The van der Waals surface area contributed by atoms with E-state index in [1.807, 2.05) is 47.4 Å². The van der Waals surface area contributed by atoms with E-state index in [4.69, 9.17) is 0 Å². The molecule has 0 bridgehead atoms. The fraction of sp³-hybridized carbons (Fsp3) is 0.391. The molecule has 30 heavy (non-hydrogen) atoms. The monoisotopic (exact) mass is 403 g/mol. The fourth-order valence-electron chi connectivity index (χ4n) is 4.78. The average molecular weight is 403 g/mol. The van der Waals surface area contributed by atoms with Crippen LogP contribution in [0.2, 0.25) is 0 Å². The van der Waals surface area contributed by atoms with Gasteiger partial charge in [0.1, 0.15) is 17.6 Å². The first-order valence-corrected chi connectivity index (χ1v) is 10.6. The molecule has 1 spiro atoms. The molecule has 3 heterocycles. The van der Waals surface area contributed by atoms with E-state index in [-0.39, 0.29) is 23.9 Å². The van der Waals surface area contributed by atoms with Crippen LogP contribution in [0.1, 0.15) is 31.2 Å². The van der Waals surface area contributed by atoms with Crippen molar-refractivity contribution in [1.82, 2.24) is 24.8 Å². The molecule has 1 aromatic heterocycles. The summed E-state index contributed by atoms with van der Waals surface area (Å²) in [7, 11) is 0. The van der Waals surface area contributed by atoms with Gasteiger partial charge >= 0.3 is 0 Å². The lowest BCUT2D eigenvalue weighted by molar-refractivity contribution is -0.137. The van der Waals surface area contributed by atoms with E-state index in [0.717, 1.165) is 35.9 Å². The van der Waals surface area contributed by atoms with Crippen LogP contribution in [0.5, 0.6) is 0 Å². The quantitative estimate of drug-likeness (QED) is 0.671. The summed E-state index contributed by atoms with van der Waals surface area (Å²) in [6.45, 7) is 2.13. The van der Waals surface area contributed by atoms with Crippen molar-refractivity contribution < 1.29 is 9.59 Å². The van der Waals surface area contributed by atoms with E-state index >= 15 is 0 Å². The zero-order chi connectivity index (χ0) is 20.6. The van der Waals surface area contributed by atoms with Gasteiger partial charge in [-0.1, -0.05) is 42.5 Å². The first-order valence-electron chi connectivity index (χ1n) is 10.6. The van der Waals surface area contributed by atoms with Crippen LogP contribution in [-0.2, 0) is 22.7 Å². The molecule has 2 aliphatic heterocycles. The smallest absolute Gasteiger partial charge is 0.246 e. The highest BCUT2D eigenvalue weighted by Crippen LogP contribution is 2.40. The van der Waals surface area contributed by atoms with Crippen molar-refractivity contribution in [2.24, 2.45) is 0 Å². The Morgan fingerprint density at radius 3 is 2.20 bits per heavy atom. The van der Waals surface area contributed by atoms with E-state index < -0.39 is 0 Å². The molecule has 2 saturated heterocycles. The number of carbonyl (C=O) groups excluding carboxylic acids is 2. The van der Waals surface area contributed by atoms with E-state index in [2.05, 4.69) is 27.2 Å². The molecular weight excluding hydrogens is 378 g/mol. The van der Waals surface area contributed by atoms with Gasteiger partial charge in [0.2, 0.25) is 11.8 Å². The van der Waals surface area contributed by atoms with Crippen LogP contribution in [0.4, 0.5) is 0 Å². The van der Waals surface area contributed by atoms with Crippen LogP contribution in [-0.4, -0.2) is 55.2 Å². The molecule has 7 nitrogen and oxygen atoms in total. The normalized spacial score (nSPS) is 18.5. The van der Waals surface area contributed by atoms with Crippen molar-refractivity contribution in [2.75, 3.05) is 13.1 Å². The first-order chi connectivity index (χ1) is 14.6. The summed E-state index contributed by atoms with van der Waals surface area (Å²) in [4.78, 5) is 30.9. The predicted octanol–water partition coefficient (Wildman–Crippen LogP) is 2.62. The second kappa shape index (κ2) is 7.55. The minimum Gasteiger partial charge on any atom is -0.341 e. The first kappa shape index (κ1) is 18.8. The minimum atomic E-state index is -0.123. The van der Waals surface area contributed by atoms with Gasteiger partial charge in [0, 0.05) is 31.6 Å². The standard InChI is InChI=1S/C23H25N5O2/c29-21-10-11-23(27(21)16-18-6-2-1-3-7-18)12-14-26(15-13-23)22(30)17-28-24-19-8-4-5-9-20(19)25-28/h1-9H,10-17H2. The Bertz CT molecular complexity index is 1040. The number of carbonyl (C=O) groups is 2. The number of hydrogen-bond donors (Lipinski definition) is 0. The third kappa shape index (κ3) is 3.44. The summed E-state index contributed by atoms with van der Waals surface area (Å²) in [6, 6.07) is 17.8. The maximum absolute atomic E-state index is 12.8. The van der Waals surface area contributed by atoms with Gasteiger partial charge in [-0.15, -0.1) is 0 Å². The number of amides is 2. The van der Waals surface area contributed by atoms with Crippen molar-refractivity contribution in [3.63, 3.8) is 0 Å². The fourth-order valence-corrected chi connectivity index (χ4v) is 4.78. The summed E-state index contributed by atoms with van der Waals surface area (Å²) in [5.41, 5.74) is 2.62. The summed E-state index contributed by atoms with van der Waals surface area (Å²) in [5, 5.41) is 8.78. The molecule has 2 aliphatic rings. The van der Waals surface area contributed by atoms with Crippen LogP contribution in [0.25, 0.3) is 11.0 Å². The zero-order valence-electron chi connectivity index (χ0n) is 16.9. The van der Waals surface area contributed by atoms with Gasteiger partial charge in [-0.2, -0.15) is 15.0 Å². The Kier molecular flexibility index (Phi) is 4.73. The van der Waals surface area contributed by atoms with Crippen molar-refractivity contribution in [3.8, 4) is 0 Å². The molecule has 0 aliphatic carbocycles. The number of hydrogen-bond acceptors (Lipinski definition) is 4. The maximum Gasteiger partial charge on any atom is 0.246 e. The number of benzene rings is 2. The molecule has 2 amide bonds. The van der Waals surface area contributed by atoms with E-state index in [1.54, 1.807) is 0 Å². The summed E-state index contributed by atoms with van der Waals surface area (Å²) in [5.74, 6) is 0.259. The number of aromatic nitrogens is 3. The van der Waals surface area contributed by atoms with Gasteiger partial charge in [0.25, 0.3) is 0 Å². The summed E-state index contributed by atoms with van der Waals surface area (Å²) < 4.78 is 0. The molecule has 7 heteroatoms. The highest BCUT2D eigenvalue weighted by Gasteiger charge is 2.47. The molecule has 0 unspecified atom stereocenters. The van der Waals surface area contributed by atoms with Gasteiger partial charge < -0.3 is 9.80 Å². The van der Waals surface area contributed by atoms with Crippen LogP contribution in [0.15, 0.2) is 54.6 Å². The van der Waals surface area contributed by atoms with Crippen molar-refractivity contribution in [3.05, 3.63) is 60.2 Å². The van der Waals surface area contributed by atoms with Crippen LogP contribution in [0.3, 0.4) is 0 Å². The molecule has 0 atom stereocenters. The van der Waals surface area contributed by atoms with Crippen molar-refractivity contribution >= 4 is 22.8 Å². The van der Waals surface area contributed by atoms with Crippen LogP contribution < -0.4 is 0 Å². The molecule has 2 fully saturated rings. The van der Waals surface area contributed by atoms with Crippen LogP contribution in [0, 0.1) is 0 Å². The Balaban J connectivity index is 1.24. The zero-order valence-corrected chi connectivity index (χ0v) is 16.9. The van der Waals surface area contributed by atoms with E-state index in [1.165, 1.54) is 4.80 Å². The molecule has 0 N–H and O–H groups in total. The van der Waals surface area contributed by atoms with E-state index in [9.17, 15) is 9.59 Å². The van der Waals surface area contributed by atoms with Crippen molar-refractivity contribution in [2.45, 2.75) is 44.3 Å². The summed E-state index contributed by atoms with van der Waals surface area (Å²) >= 11 is 0. The average Bonchev–Trinajstić information content (AvgIpc) is 3.31. The second-order valence-corrected chi connectivity index (χ2v) is 8.29. The largest absolute Gasteiger partial charge is 0.341 e. The molecule has 2 aromatic carbocycles. The lowest BCUT2D eigenvalue weighted by Gasteiger charge is -2.45. The molecule has 154 valence electrons. The third-order valence-electron chi connectivity index (χ3n) is 6.51. The topological polar surface area (TPSA) is 71.3 Å².